The first-order chi connectivity index (χ1) is 22.1. The fraction of sp³-hybridized carbons (Fsp3) is 0.312. The lowest BCUT2D eigenvalue weighted by Gasteiger charge is -2.44. The zero-order valence-electron chi connectivity index (χ0n) is 25.8. The molecule has 2 unspecified atom stereocenters. The standard InChI is InChI=1S/C32H30Cl2F2N6O4S/c1-6-22(43)40-12-17-13-47(45,46)30-24-21(9-18(25(30)35)23-26(36)19(33)10-20(34)27(23)37)42(29-15(4)7-8-38-28(29)14(2)3)32(44)39-31(24)41(17)11-16(40)5/h6-10,14,16-17H,1,11-13,37H2,2-5H3. The normalized spacial score (nSPS) is 18.7. The minimum Gasteiger partial charge on any atom is -0.397 e. The van der Waals surface area contributed by atoms with Crippen molar-refractivity contribution in [3.63, 3.8) is 0 Å². The third-order valence-electron chi connectivity index (χ3n) is 8.75. The summed E-state index contributed by atoms with van der Waals surface area (Å²) in [6.07, 6.45) is 2.71. The maximum absolute atomic E-state index is 17.0. The summed E-state index contributed by atoms with van der Waals surface area (Å²) in [6, 6.07) is 2.56. The molecule has 2 aromatic carbocycles. The van der Waals surface area contributed by atoms with Crippen LogP contribution < -0.4 is 16.3 Å². The number of hydrogen-bond acceptors (Lipinski definition) is 8. The van der Waals surface area contributed by atoms with Crippen molar-refractivity contribution in [2.75, 3.05) is 29.5 Å². The van der Waals surface area contributed by atoms with Crippen molar-refractivity contribution < 1.29 is 22.0 Å². The SMILES string of the molecule is C=CC(=O)N1CC2CS(=O)(=O)c3c(F)c(-c4c(N)c(Cl)cc(Cl)c4F)cc4c3c(nc(=O)n4-c3c(C)ccnc3C(C)C)N2CC1C. The van der Waals surface area contributed by atoms with E-state index in [0.29, 0.717) is 16.9 Å². The van der Waals surface area contributed by atoms with Gasteiger partial charge in [-0.25, -0.2) is 22.0 Å². The maximum Gasteiger partial charge on any atom is 0.354 e. The largest absolute Gasteiger partial charge is 0.397 e. The second kappa shape index (κ2) is 11.6. The summed E-state index contributed by atoms with van der Waals surface area (Å²) >= 11 is 12.3. The maximum atomic E-state index is 17.0. The number of hydrogen-bond donors (Lipinski definition) is 1. The molecule has 0 bridgehead atoms. The first-order valence-electron chi connectivity index (χ1n) is 14.7. The lowest BCUT2D eigenvalue weighted by Crippen LogP contribution is -2.60. The molecule has 2 aromatic heterocycles. The Kier molecular flexibility index (Phi) is 8.09. The zero-order chi connectivity index (χ0) is 34.3. The molecule has 1 saturated heterocycles. The van der Waals surface area contributed by atoms with Gasteiger partial charge in [0, 0.05) is 36.5 Å². The highest BCUT2D eigenvalue weighted by molar-refractivity contribution is 7.91. The van der Waals surface area contributed by atoms with E-state index in [-0.39, 0.29) is 46.4 Å². The summed E-state index contributed by atoms with van der Waals surface area (Å²) in [7, 11) is -4.56. The molecule has 6 rings (SSSR count). The van der Waals surface area contributed by atoms with Crippen molar-refractivity contribution in [2.45, 2.75) is 50.6 Å². The minimum absolute atomic E-state index is 0.0648. The molecule has 2 N–H and O–H groups in total. The first-order valence-corrected chi connectivity index (χ1v) is 17.1. The fourth-order valence-electron chi connectivity index (χ4n) is 6.57. The Morgan fingerprint density at radius 3 is 2.53 bits per heavy atom. The Labute approximate surface area is 279 Å². The van der Waals surface area contributed by atoms with Gasteiger partial charge in [0.15, 0.2) is 21.5 Å². The Morgan fingerprint density at radius 1 is 1.17 bits per heavy atom. The number of piperazine rings is 1. The number of sulfone groups is 1. The van der Waals surface area contributed by atoms with E-state index in [0.717, 1.165) is 12.1 Å². The number of aromatic nitrogens is 3. The average Bonchev–Trinajstić information content (AvgIpc) is 3.09. The smallest absolute Gasteiger partial charge is 0.354 e. The van der Waals surface area contributed by atoms with Gasteiger partial charge >= 0.3 is 5.69 Å². The predicted molar refractivity (Wildman–Crippen MR) is 178 cm³/mol. The number of carbonyl (C=O) groups is 1. The van der Waals surface area contributed by atoms with Crippen molar-refractivity contribution in [2.24, 2.45) is 0 Å². The first kappa shape index (κ1) is 32.9. The van der Waals surface area contributed by atoms with Crippen LogP contribution in [0.15, 0.2) is 46.7 Å². The second-order valence-corrected chi connectivity index (χ2v) is 14.9. The van der Waals surface area contributed by atoms with E-state index in [1.807, 2.05) is 13.8 Å². The number of aryl methyl sites for hydroxylation is 1. The number of amides is 1. The highest BCUT2D eigenvalue weighted by Gasteiger charge is 2.44. The van der Waals surface area contributed by atoms with E-state index in [2.05, 4.69) is 16.5 Å². The summed E-state index contributed by atoms with van der Waals surface area (Å²) in [5, 5.41) is -0.826. The van der Waals surface area contributed by atoms with Gasteiger partial charge in [0.1, 0.15) is 10.7 Å². The number of nitrogens with zero attached hydrogens (tertiary/aromatic N) is 5. The van der Waals surface area contributed by atoms with Crippen LogP contribution in [0.1, 0.15) is 37.9 Å². The van der Waals surface area contributed by atoms with Gasteiger partial charge in [0.25, 0.3) is 0 Å². The number of carbonyl (C=O) groups excluding carboxylic acids is 1. The van der Waals surface area contributed by atoms with Crippen LogP contribution >= 0.6 is 23.2 Å². The monoisotopic (exact) mass is 702 g/mol. The summed E-state index contributed by atoms with van der Waals surface area (Å²) in [5.41, 5.74) is 5.22. The molecule has 0 radical (unpaired) electrons. The molecular weight excluding hydrogens is 673 g/mol. The quantitative estimate of drug-likeness (QED) is 0.169. The molecular formula is C32H30Cl2F2N6O4S. The Hall–Kier alpha value is -4.07. The van der Waals surface area contributed by atoms with Gasteiger partial charge in [-0.2, -0.15) is 4.98 Å². The van der Waals surface area contributed by atoms with Crippen LogP contribution in [0.3, 0.4) is 0 Å². The van der Waals surface area contributed by atoms with E-state index in [1.54, 1.807) is 31.0 Å². The van der Waals surface area contributed by atoms with Crippen LogP contribution in [0, 0.1) is 18.6 Å². The molecule has 2 atom stereocenters. The lowest BCUT2D eigenvalue weighted by molar-refractivity contribution is -0.128. The van der Waals surface area contributed by atoms with Crippen molar-refractivity contribution in [3.8, 4) is 16.8 Å². The molecule has 0 aliphatic carbocycles. The van der Waals surface area contributed by atoms with Gasteiger partial charge in [-0.15, -0.1) is 0 Å². The molecule has 246 valence electrons. The summed E-state index contributed by atoms with van der Waals surface area (Å²) in [5.74, 6) is -3.76. The van der Waals surface area contributed by atoms with Gasteiger partial charge in [0.2, 0.25) is 5.91 Å². The molecule has 2 aliphatic heterocycles. The number of nitrogen functional groups attached to an aromatic ring is 1. The van der Waals surface area contributed by atoms with Gasteiger partial charge < -0.3 is 15.5 Å². The van der Waals surface area contributed by atoms with E-state index in [9.17, 15) is 18.0 Å². The zero-order valence-corrected chi connectivity index (χ0v) is 28.1. The van der Waals surface area contributed by atoms with Gasteiger partial charge in [-0.3, -0.25) is 14.3 Å². The summed E-state index contributed by atoms with van der Waals surface area (Å²) < 4.78 is 62.7. The van der Waals surface area contributed by atoms with Gasteiger partial charge in [0.05, 0.1) is 49.8 Å². The number of halogens is 4. The molecule has 0 saturated carbocycles. The molecule has 4 aromatic rings. The summed E-state index contributed by atoms with van der Waals surface area (Å²) in [4.78, 5) is 38.1. The molecule has 2 aliphatic rings. The lowest BCUT2D eigenvalue weighted by atomic mass is 9.99. The van der Waals surface area contributed by atoms with Crippen LogP contribution in [0.4, 0.5) is 20.3 Å². The molecule has 4 heterocycles. The van der Waals surface area contributed by atoms with Crippen LogP contribution in [0.5, 0.6) is 0 Å². The van der Waals surface area contributed by atoms with Crippen LogP contribution in [-0.4, -0.2) is 64.7 Å². The van der Waals surface area contributed by atoms with Crippen LogP contribution in [0.2, 0.25) is 10.0 Å². The van der Waals surface area contributed by atoms with Gasteiger partial charge in [-0.1, -0.05) is 43.6 Å². The van der Waals surface area contributed by atoms with Crippen molar-refractivity contribution in [1.29, 1.82) is 0 Å². The molecule has 1 fully saturated rings. The number of fused-ring (bicyclic) bond motifs is 2. The number of benzene rings is 2. The van der Waals surface area contributed by atoms with Crippen molar-refractivity contribution in [1.82, 2.24) is 19.4 Å². The third-order valence-corrected chi connectivity index (χ3v) is 11.2. The van der Waals surface area contributed by atoms with E-state index in [4.69, 9.17) is 28.9 Å². The number of anilines is 2. The highest BCUT2D eigenvalue weighted by atomic mass is 35.5. The molecule has 0 spiro atoms. The average molecular weight is 704 g/mol. The number of rotatable bonds is 4. The van der Waals surface area contributed by atoms with Crippen LogP contribution in [0.25, 0.3) is 27.7 Å². The summed E-state index contributed by atoms with van der Waals surface area (Å²) in [6.45, 7) is 10.8. The van der Waals surface area contributed by atoms with E-state index in [1.165, 1.54) is 15.5 Å². The van der Waals surface area contributed by atoms with Crippen molar-refractivity contribution >= 4 is 61.4 Å². The third kappa shape index (κ3) is 5.06. The predicted octanol–water partition coefficient (Wildman–Crippen LogP) is 5.43. The second-order valence-electron chi connectivity index (χ2n) is 12.1. The molecule has 15 heteroatoms. The Balaban J connectivity index is 1.82. The van der Waals surface area contributed by atoms with Crippen LogP contribution in [-0.2, 0) is 14.6 Å². The Bertz CT molecular complexity index is 2180. The minimum atomic E-state index is -4.56. The molecule has 10 nitrogen and oxygen atoms in total. The van der Waals surface area contributed by atoms with Gasteiger partial charge in [-0.05, 0) is 49.6 Å². The van der Waals surface area contributed by atoms with E-state index < -0.39 is 72.0 Å². The molecule has 1 amide bonds. The van der Waals surface area contributed by atoms with E-state index >= 15 is 8.78 Å². The topological polar surface area (TPSA) is 131 Å². The van der Waals surface area contributed by atoms with Crippen molar-refractivity contribution in [3.05, 3.63) is 80.5 Å². The fourth-order valence-corrected chi connectivity index (χ4v) is 8.88. The Morgan fingerprint density at radius 2 is 1.87 bits per heavy atom. The number of pyridine rings is 1. The number of nitrogens with two attached hydrogens (primary N) is 1. The highest BCUT2D eigenvalue weighted by Crippen LogP contribution is 2.46. The molecule has 47 heavy (non-hydrogen) atoms.